The molecule has 0 radical (unpaired) electrons. The molecule has 0 unspecified atom stereocenters. The van der Waals surface area contributed by atoms with Crippen molar-refractivity contribution in [2.75, 3.05) is 7.11 Å². The summed E-state index contributed by atoms with van der Waals surface area (Å²) in [6.45, 7) is -0.309. The Kier molecular flexibility index (Phi) is 2.57. The van der Waals surface area contributed by atoms with Crippen LogP contribution in [-0.4, -0.2) is 18.4 Å². The van der Waals surface area contributed by atoms with Gasteiger partial charge in [0.25, 0.3) is 0 Å². The highest BCUT2D eigenvalue weighted by molar-refractivity contribution is 5.42. The molecular weight excluding hydrogens is 237 g/mol. The fourth-order valence-corrected chi connectivity index (χ4v) is 1.53. The topological polar surface area (TPSA) is 54.2 Å². The van der Waals surface area contributed by atoms with Crippen LogP contribution in [0, 0.1) is 0 Å². The van der Waals surface area contributed by atoms with E-state index in [1.807, 2.05) is 0 Å². The molecule has 0 amide bonds. The van der Waals surface area contributed by atoms with Gasteiger partial charge in [-0.25, -0.2) is 0 Å². The Morgan fingerprint density at radius 2 is 2.00 bits per heavy atom. The number of alkyl halides is 3. The second kappa shape index (κ2) is 3.69. The molecule has 0 atom stereocenters. The van der Waals surface area contributed by atoms with E-state index in [0.29, 0.717) is 5.56 Å². The molecule has 0 aliphatic carbocycles. The van der Waals surface area contributed by atoms with Crippen molar-refractivity contribution < 1.29 is 23.0 Å². The molecule has 0 spiro atoms. The van der Waals surface area contributed by atoms with Crippen LogP contribution < -0.4 is 4.74 Å². The molecule has 92 valence electrons. The highest BCUT2D eigenvalue weighted by Crippen LogP contribution is 2.52. The van der Waals surface area contributed by atoms with Crippen LogP contribution in [0.1, 0.15) is 11.1 Å². The lowest BCUT2D eigenvalue weighted by atomic mass is 10.0. The molecular formula is C10H9F3N2O2. The molecule has 1 aliphatic rings. The SMILES string of the molecule is COc1cc(C2(C(F)(F)F)N=N2)ccc1CO. The zero-order chi connectivity index (χ0) is 12.7. The fraction of sp³-hybridized carbons (Fsp3) is 0.400. The third kappa shape index (κ3) is 1.76. The van der Waals surface area contributed by atoms with Gasteiger partial charge >= 0.3 is 11.8 Å². The maximum Gasteiger partial charge on any atom is 0.442 e. The molecule has 0 saturated heterocycles. The van der Waals surface area contributed by atoms with E-state index in [9.17, 15) is 13.2 Å². The number of halogens is 3. The van der Waals surface area contributed by atoms with Crippen LogP contribution in [0.5, 0.6) is 5.75 Å². The summed E-state index contributed by atoms with van der Waals surface area (Å²) in [7, 11) is 1.32. The molecule has 0 fully saturated rings. The molecule has 1 aliphatic heterocycles. The second-order valence-corrected chi connectivity index (χ2v) is 3.55. The highest BCUT2D eigenvalue weighted by atomic mass is 19.4. The fourth-order valence-electron chi connectivity index (χ4n) is 1.53. The van der Waals surface area contributed by atoms with Gasteiger partial charge in [-0.1, -0.05) is 12.1 Å². The van der Waals surface area contributed by atoms with Gasteiger partial charge in [-0.05, 0) is 6.07 Å². The number of hydrogen-bond acceptors (Lipinski definition) is 4. The molecule has 1 aromatic rings. The Balaban J connectivity index is 2.42. The van der Waals surface area contributed by atoms with Gasteiger partial charge in [-0.2, -0.15) is 13.2 Å². The van der Waals surface area contributed by atoms with E-state index in [-0.39, 0.29) is 17.9 Å². The summed E-state index contributed by atoms with van der Waals surface area (Å²) in [4.78, 5) is 0. The lowest BCUT2D eigenvalue weighted by Gasteiger charge is -2.16. The van der Waals surface area contributed by atoms with Gasteiger partial charge in [-0.3, -0.25) is 0 Å². The first-order valence-electron chi connectivity index (χ1n) is 4.73. The summed E-state index contributed by atoms with van der Waals surface area (Å²) < 4.78 is 43.1. The van der Waals surface area contributed by atoms with E-state index < -0.39 is 11.8 Å². The van der Waals surface area contributed by atoms with Crippen molar-refractivity contribution in [2.24, 2.45) is 10.2 Å². The van der Waals surface area contributed by atoms with E-state index in [2.05, 4.69) is 10.2 Å². The number of aliphatic hydroxyl groups excluding tert-OH is 1. The van der Waals surface area contributed by atoms with Crippen molar-refractivity contribution in [1.29, 1.82) is 0 Å². The first-order chi connectivity index (χ1) is 7.94. The Labute approximate surface area is 94.7 Å². The second-order valence-electron chi connectivity index (χ2n) is 3.55. The lowest BCUT2D eigenvalue weighted by molar-refractivity contribution is -0.166. The molecule has 0 aromatic heterocycles. The van der Waals surface area contributed by atoms with E-state index in [4.69, 9.17) is 9.84 Å². The Morgan fingerprint density at radius 1 is 1.35 bits per heavy atom. The van der Waals surface area contributed by atoms with Crippen molar-refractivity contribution in [2.45, 2.75) is 18.4 Å². The summed E-state index contributed by atoms with van der Waals surface area (Å²) >= 11 is 0. The molecule has 0 bridgehead atoms. The van der Waals surface area contributed by atoms with Gasteiger partial charge in [0.15, 0.2) is 0 Å². The largest absolute Gasteiger partial charge is 0.496 e. The average Bonchev–Trinajstić information content (AvgIpc) is 3.08. The number of benzene rings is 1. The summed E-state index contributed by atoms with van der Waals surface area (Å²) in [5, 5.41) is 15.1. The standard InChI is InChI=1S/C10H9F3N2O2/c1-17-8-4-7(3-2-6(8)5-16)9(14-15-9)10(11,12)13/h2-4,16H,5H2,1H3. The zero-order valence-electron chi connectivity index (χ0n) is 8.82. The minimum absolute atomic E-state index is 0.112. The van der Waals surface area contributed by atoms with Crippen molar-refractivity contribution in [3.8, 4) is 5.75 Å². The Morgan fingerprint density at radius 3 is 2.41 bits per heavy atom. The third-order valence-electron chi connectivity index (χ3n) is 2.56. The van der Waals surface area contributed by atoms with Crippen LogP contribution in [0.15, 0.2) is 28.4 Å². The maximum absolute atomic E-state index is 12.7. The van der Waals surface area contributed by atoms with Crippen LogP contribution >= 0.6 is 0 Å². The monoisotopic (exact) mass is 246 g/mol. The summed E-state index contributed by atoms with van der Waals surface area (Å²) in [6.07, 6.45) is -4.56. The molecule has 4 nitrogen and oxygen atoms in total. The van der Waals surface area contributed by atoms with Crippen LogP contribution in [0.25, 0.3) is 0 Å². The lowest BCUT2D eigenvalue weighted by Crippen LogP contribution is -2.30. The molecule has 1 aromatic carbocycles. The average molecular weight is 246 g/mol. The quantitative estimate of drug-likeness (QED) is 0.890. The van der Waals surface area contributed by atoms with E-state index in [0.717, 1.165) is 0 Å². The smallest absolute Gasteiger partial charge is 0.442 e. The number of methoxy groups -OCH3 is 1. The first-order valence-corrected chi connectivity index (χ1v) is 4.73. The van der Waals surface area contributed by atoms with Gasteiger partial charge in [0.1, 0.15) is 5.75 Å². The van der Waals surface area contributed by atoms with Crippen molar-refractivity contribution in [3.63, 3.8) is 0 Å². The van der Waals surface area contributed by atoms with E-state index >= 15 is 0 Å². The minimum Gasteiger partial charge on any atom is -0.496 e. The van der Waals surface area contributed by atoms with Gasteiger partial charge in [0.2, 0.25) is 0 Å². The number of hydrogen-bond donors (Lipinski definition) is 1. The first kappa shape index (κ1) is 11.8. The summed E-state index contributed by atoms with van der Waals surface area (Å²) in [5.74, 6) is 0.186. The van der Waals surface area contributed by atoms with E-state index in [1.165, 1.54) is 25.3 Å². The van der Waals surface area contributed by atoms with Crippen LogP contribution in [0.2, 0.25) is 0 Å². The Bertz CT molecular complexity index is 465. The molecule has 1 N–H and O–H groups in total. The van der Waals surface area contributed by atoms with Crippen LogP contribution in [-0.2, 0) is 12.3 Å². The van der Waals surface area contributed by atoms with Crippen molar-refractivity contribution >= 4 is 0 Å². The van der Waals surface area contributed by atoms with Gasteiger partial charge < -0.3 is 9.84 Å². The summed E-state index contributed by atoms with van der Waals surface area (Å²) in [5.41, 5.74) is -2.15. The number of aliphatic hydroxyl groups is 1. The van der Waals surface area contributed by atoms with Gasteiger partial charge in [-0.15, -0.1) is 10.2 Å². The molecule has 17 heavy (non-hydrogen) atoms. The van der Waals surface area contributed by atoms with Crippen molar-refractivity contribution in [1.82, 2.24) is 0 Å². The maximum atomic E-state index is 12.7. The third-order valence-corrected chi connectivity index (χ3v) is 2.56. The molecule has 2 rings (SSSR count). The molecule has 0 saturated carbocycles. The predicted molar refractivity (Wildman–Crippen MR) is 51.5 cm³/mol. The van der Waals surface area contributed by atoms with Crippen molar-refractivity contribution in [3.05, 3.63) is 29.3 Å². The number of ether oxygens (including phenoxy) is 1. The number of nitrogens with zero attached hydrogens (tertiary/aromatic N) is 2. The van der Waals surface area contributed by atoms with Crippen LogP contribution in [0.3, 0.4) is 0 Å². The molecule has 1 heterocycles. The molecule has 7 heteroatoms. The van der Waals surface area contributed by atoms with Gasteiger partial charge in [0.05, 0.1) is 13.7 Å². The van der Waals surface area contributed by atoms with Crippen LogP contribution in [0.4, 0.5) is 13.2 Å². The Hall–Kier alpha value is -1.63. The predicted octanol–water partition coefficient (Wildman–Crippen LogP) is 2.37. The van der Waals surface area contributed by atoms with E-state index in [1.54, 1.807) is 0 Å². The minimum atomic E-state index is -4.56. The van der Waals surface area contributed by atoms with Gasteiger partial charge in [0, 0.05) is 11.1 Å². The summed E-state index contributed by atoms with van der Waals surface area (Å²) in [6, 6.07) is 3.80. The normalized spacial score (nSPS) is 17.0. The zero-order valence-corrected chi connectivity index (χ0v) is 8.82. The number of rotatable bonds is 3. The highest BCUT2D eigenvalue weighted by Gasteiger charge is 2.65.